The number of carbonyl (C=O) groups is 2. The predicted molar refractivity (Wildman–Crippen MR) is 103 cm³/mol. The van der Waals surface area contributed by atoms with E-state index in [9.17, 15) is 9.59 Å². The van der Waals surface area contributed by atoms with Gasteiger partial charge in [-0.3, -0.25) is 9.59 Å². The van der Waals surface area contributed by atoms with Gasteiger partial charge in [0.05, 0.1) is 14.2 Å². The number of hydrogen-bond donors (Lipinski definition) is 3. The van der Waals surface area contributed by atoms with Gasteiger partial charge in [-0.05, 0) is 42.5 Å². The molecule has 26 heavy (non-hydrogen) atoms. The number of amides is 2. The topological polar surface area (TPSA) is 71.9 Å². The van der Waals surface area contributed by atoms with Crippen LogP contribution in [0.4, 0.5) is 11.4 Å². The molecule has 1 unspecified atom stereocenters. The number of ether oxygens (including phenoxy) is 1. The number of nitrogens with one attached hydrogen (secondary N) is 3. The molecule has 0 radical (unpaired) electrons. The number of rotatable bonds is 7. The summed E-state index contributed by atoms with van der Waals surface area (Å²) < 4.78 is 5.34. The standard InChI is InChI=1S/C19H22ClN3O3/c1-13(24)21-16-5-7-17(8-6-16)22-19(25)12-23(2)11-14-10-15(20)4-9-18(14)26-3/h4-10H,11-12H2,1-3H3,(H,21,24)(H,22,25)/p+1. The second-order valence-corrected chi connectivity index (χ2v) is 6.51. The van der Waals surface area contributed by atoms with Crippen molar-refractivity contribution in [3.05, 3.63) is 53.1 Å². The molecule has 7 heteroatoms. The highest BCUT2D eigenvalue weighted by atomic mass is 35.5. The maximum atomic E-state index is 12.2. The second-order valence-electron chi connectivity index (χ2n) is 6.07. The number of halogens is 1. The van der Waals surface area contributed by atoms with Crippen LogP contribution >= 0.6 is 11.6 Å². The summed E-state index contributed by atoms with van der Waals surface area (Å²) in [5.74, 6) is 0.516. The van der Waals surface area contributed by atoms with Crippen molar-refractivity contribution in [3.63, 3.8) is 0 Å². The van der Waals surface area contributed by atoms with Gasteiger partial charge in [-0.15, -0.1) is 0 Å². The molecule has 6 nitrogen and oxygen atoms in total. The normalized spacial score (nSPS) is 11.5. The average Bonchev–Trinajstić information content (AvgIpc) is 2.56. The molecule has 2 aromatic carbocycles. The van der Waals surface area contributed by atoms with Crippen LogP contribution in [0.3, 0.4) is 0 Å². The van der Waals surface area contributed by atoms with Crippen LogP contribution in [0, 0.1) is 0 Å². The zero-order valence-corrected chi connectivity index (χ0v) is 15.8. The van der Waals surface area contributed by atoms with Gasteiger partial charge in [0.1, 0.15) is 12.3 Å². The minimum atomic E-state index is -0.136. The summed E-state index contributed by atoms with van der Waals surface area (Å²) in [4.78, 5) is 24.2. The Morgan fingerprint density at radius 3 is 2.27 bits per heavy atom. The Morgan fingerprint density at radius 1 is 1.08 bits per heavy atom. The highest BCUT2D eigenvalue weighted by Gasteiger charge is 2.14. The third kappa shape index (κ3) is 6.06. The Labute approximate surface area is 158 Å². The molecule has 2 amide bonds. The Morgan fingerprint density at radius 2 is 1.69 bits per heavy atom. The Hall–Kier alpha value is -2.57. The Kier molecular flexibility index (Phi) is 7.00. The van der Waals surface area contributed by atoms with Crippen LogP contribution in [-0.4, -0.2) is 32.5 Å². The van der Waals surface area contributed by atoms with Gasteiger partial charge in [0.15, 0.2) is 6.54 Å². The molecule has 3 N–H and O–H groups in total. The first-order valence-electron chi connectivity index (χ1n) is 8.18. The van der Waals surface area contributed by atoms with Crippen molar-refractivity contribution < 1.29 is 19.2 Å². The third-order valence-corrected chi connectivity index (χ3v) is 3.92. The third-order valence-electron chi connectivity index (χ3n) is 3.69. The minimum absolute atomic E-state index is 0.101. The highest BCUT2D eigenvalue weighted by molar-refractivity contribution is 6.30. The maximum Gasteiger partial charge on any atom is 0.279 e. The van der Waals surface area contributed by atoms with Gasteiger partial charge in [0, 0.05) is 28.9 Å². The fourth-order valence-electron chi connectivity index (χ4n) is 2.59. The number of quaternary nitrogens is 1. The molecule has 0 aliphatic carbocycles. The summed E-state index contributed by atoms with van der Waals surface area (Å²) in [5, 5.41) is 6.17. The van der Waals surface area contributed by atoms with Gasteiger partial charge in [0.25, 0.3) is 5.91 Å². The summed E-state index contributed by atoms with van der Waals surface area (Å²) in [6.07, 6.45) is 0. The first kappa shape index (κ1) is 19.8. The molecule has 0 spiro atoms. The lowest BCUT2D eigenvalue weighted by molar-refractivity contribution is -0.885. The molecule has 0 saturated carbocycles. The largest absolute Gasteiger partial charge is 0.496 e. The Balaban J connectivity index is 1.91. The van der Waals surface area contributed by atoms with Crippen molar-refractivity contribution in [2.24, 2.45) is 0 Å². The van der Waals surface area contributed by atoms with Gasteiger partial charge >= 0.3 is 0 Å². The average molecular weight is 377 g/mol. The summed E-state index contributed by atoms with van der Waals surface area (Å²) in [6.45, 7) is 2.35. The quantitative estimate of drug-likeness (QED) is 0.691. The summed E-state index contributed by atoms with van der Waals surface area (Å²) in [7, 11) is 3.54. The molecule has 0 aliphatic heterocycles. The van der Waals surface area contributed by atoms with Crippen LogP contribution in [-0.2, 0) is 16.1 Å². The van der Waals surface area contributed by atoms with E-state index in [4.69, 9.17) is 16.3 Å². The van der Waals surface area contributed by atoms with Gasteiger partial charge in [-0.1, -0.05) is 11.6 Å². The maximum absolute atomic E-state index is 12.2. The number of methoxy groups -OCH3 is 1. The SMILES string of the molecule is COc1ccc(Cl)cc1C[NH+](C)CC(=O)Nc1ccc(NC(C)=O)cc1. The molecule has 0 saturated heterocycles. The molecule has 2 rings (SSSR count). The van der Waals surface area contributed by atoms with E-state index in [0.29, 0.717) is 29.5 Å². The zero-order chi connectivity index (χ0) is 19.1. The van der Waals surface area contributed by atoms with Gasteiger partial charge in [-0.2, -0.15) is 0 Å². The van der Waals surface area contributed by atoms with Crippen LogP contribution in [0.5, 0.6) is 5.75 Å². The van der Waals surface area contributed by atoms with Crippen molar-refractivity contribution in [2.45, 2.75) is 13.5 Å². The van der Waals surface area contributed by atoms with Crippen molar-refractivity contribution in [2.75, 3.05) is 31.3 Å². The van der Waals surface area contributed by atoms with E-state index in [1.165, 1.54) is 6.92 Å². The van der Waals surface area contributed by atoms with E-state index in [-0.39, 0.29) is 11.8 Å². The first-order valence-corrected chi connectivity index (χ1v) is 8.56. The van der Waals surface area contributed by atoms with E-state index in [0.717, 1.165) is 16.2 Å². The highest BCUT2D eigenvalue weighted by Crippen LogP contribution is 2.21. The molecule has 2 aromatic rings. The summed E-state index contributed by atoms with van der Waals surface area (Å²) in [6, 6.07) is 12.4. The Bertz CT molecular complexity index is 778. The van der Waals surface area contributed by atoms with E-state index in [2.05, 4.69) is 10.6 Å². The molecule has 138 valence electrons. The number of carbonyl (C=O) groups excluding carboxylic acids is 2. The van der Waals surface area contributed by atoms with Crippen LogP contribution in [0.2, 0.25) is 5.02 Å². The van der Waals surface area contributed by atoms with Crippen molar-refractivity contribution in [1.29, 1.82) is 0 Å². The molecule has 1 atom stereocenters. The summed E-state index contributed by atoms with van der Waals surface area (Å²) >= 11 is 6.04. The molecule has 0 bridgehead atoms. The van der Waals surface area contributed by atoms with Gasteiger partial charge in [0.2, 0.25) is 5.91 Å². The fraction of sp³-hybridized carbons (Fsp3) is 0.263. The first-order chi connectivity index (χ1) is 12.4. The monoisotopic (exact) mass is 376 g/mol. The second kappa shape index (κ2) is 9.22. The molecule has 0 fully saturated rings. The van der Waals surface area contributed by atoms with Crippen LogP contribution in [0.25, 0.3) is 0 Å². The van der Waals surface area contributed by atoms with Crippen molar-refractivity contribution in [3.8, 4) is 5.75 Å². The minimum Gasteiger partial charge on any atom is -0.496 e. The van der Waals surface area contributed by atoms with Crippen molar-refractivity contribution >= 4 is 34.8 Å². The number of hydrogen-bond acceptors (Lipinski definition) is 3. The van der Waals surface area contributed by atoms with Crippen LogP contribution < -0.4 is 20.3 Å². The van der Waals surface area contributed by atoms with Crippen LogP contribution in [0.1, 0.15) is 12.5 Å². The number of anilines is 2. The summed E-state index contributed by atoms with van der Waals surface area (Å²) in [5.41, 5.74) is 2.31. The fourth-order valence-corrected chi connectivity index (χ4v) is 2.79. The molecular formula is C19H23ClN3O3+. The number of likely N-dealkylation sites (N-methyl/N-ethyl adjacent to an activating group) is 1. The molecule has 0 aliphatic rings. The molecular weight excluding hydrogens is 354 g/mol. The van der Waals surface area contributed by atoms with E-state index < -0.39 is 0 Å². The molecule has 0 aromatic heterocycles. The van der Waals surface area contributed by atoms with Crippen molar-refractivity contribution in [1.82, 2.24) is 0 Å². The van der Waals surface area contributed by atoms with E-state index in [1.54, 1.807) is 37.4 Å². The lowest BCUT2D eigenvalue weighted by atomic mass is 10.2. The van der Waals surface area contributed by atoms with E-state index >= 15 is 0 Å². The lowest BCUT2D eigenvalue weighted by Crippen LogP contribution is -3.08. The van der Waals surface area contributed by atoms with E-state index in [1.807, 2.05) is 19.2 Å². The smallest absolute Gasteiger partial charge is 0.279 e. The molecule has 0 heterocycles. The number of benzene rings is 2. The van der Waals surface area contributed by atoms with Gasteiger partial charge < -0.3 is 20.3 Å². The zero-order valence-electron chi connectivity index (χ0n) is 15.1. The van der Waals surface area contributed by atoms with Crippen LogP contribution in [0.15, 0.2) is 42.5 Å². The van der Waals surface area contributed by atoms with Gasteiger partial charge in [-0.25, -0.2) is 0 Å². The lowest BCUT2D eigenvalue weighted by Gasteiger charge is -2.16. The predicted octanol–water partition coefficient (Wildman–Crippen LogP) is 1.96.